The maximum atomic E-state index is 11.8. The summed E-state index contributed by atoms with van der Waals surface area (Å²) in [4.78, 5) is 23.4. The van der Waals surface area contributed by atoms with Crippen LogP contribution in [0.25, 0.3) is 0 Å². The smallest absolute Gasteiger partial charge is 0.253 e. The minimum atomic E-state index is -0.120. The SMILES string of the molecule is Cc1ccc(C(=O)N(C)CC=O)cc1C. The summed E-state index contributed by atoms with van der Waals surface area (Å²) in [6.45, 7) is 4.09. The highest BCUT2D eigenvalue weighted by Crippen LogP contribution is 2.11. The number of aldehydes is 1. The van der Waals surface area contributed by atoms with Crippen molar-refractivity contribution >= 4 is 12.2 Å². The summed E-state index contributed by atoms with van der Waals surface area (Å²) >= 11 is 0. The van der Waals surface area contributed by atoms with Crippen LogP contribution in [0.5, 0.6) is 0 Å². The summed E-state index contributed by atoms with van der Waals surface area (Å²) in [5, 5.41) is 0. The number of amides is 1. The van der Waals surface area contributed by atoms with Crippen molar-refractivity contribution in [2.24, 2.45) is 0 Å². The lowest BCUT2D eigenvalue weighted by Gasteiger charge is -2.14. The van der Waals surface area contributed by atoms with Crippen LogP contribution in [-0.2, 0) is 4.79 Å². The minimum absolute atomic E-state index is 0.120. The standard InChI is InChI=1S/C12H15NO2/c1-9-4-5-11(8-10(9)2)12(15)13(3)6-7-14/h4-5,7-8H,6H2,1-3H3. The zero-order chi connectivity index (χ0) is 11.4. The van der Waals surface area contributed by atoms with Crippen molar-refractivity contribution in [3.05, 3.63) is 34.9 Å². The van der Waals surface area contributed by atoms with E-state index < -0.39 is 0 Å². The van der Waals surface area contributed by atoms with Crippen molar-refractivity contribution in [1.82, 2.24) is 4.90 Å². The van der Waals surface area contributed by atoms with Gasteiger partial charge in [-0.3, -0.25) is 4.79 Å². The van der Waals surface area contributed by atoms with Gasteiger partial charge in [-0.25, -0.2) is 0 Å². The first-order valence-electron chi connectivity index (χ1n) is 4.82. The number of nitrogens with zero attached hydrogens (tertiary/aromatic N) is 1. The molecule has 0 spiro atoms. The second-order valence-corrected chi connectivity index (χ2v) is 3.65. The van der Waals surface area contributed by atoms with Crippen molar-refractivity contribution in [2.75, 3.05) is 13.6 Å². The molecule has 1 rings (SSSR count). The number of benzene rings is 1. The van der Waals surface area contributed by atoms with Crippen LogP contribution in [-0.4, -0.2) is 30.7 Å². The lowest BCUT2D eigenvalue weighted by Crippen LogP contribution is -2.28. The highest BCUT2D eigenvalue weighted by atomic mass is 16.2. The third-order valence-electron chi connectivity index (χ3n) is 2.45. The number of rotatable bonds is 3. The van der Waals surface area contributed by atoms with Gasteiger partial charge in [0.2, 0.25) is 0 Å². The molecule has 0 aliphatic rings. The first kappa shape index (κ1) is 11.4. The topological polar surface area (TPSA) is 37.4 Å². The number of hydrogen-bond acceptors (Lipinski definition) is 2. The fourth-order valence-electron chi connectivity index (χ4n) is 1.29. The molecular weight excluding hydrogens is 190 g/mol. The Morgan fingerprint density at radius 2 is 2.00 bits per heavy atom. The quantitative estimate of drug-likeness (QED) is 0.702. The van der Waals surface area contributed by atoms with Gasteiger partial charge in [0, 0.05) is 12.6 Å². The number of hydrogen-bond donors (Lipinski definition) is 0. The van der Waals surface area contributed by atoms with Gasteiger partial charge >= 0.3 is 0 Å². The molecule has 0 unspecified atom stereocenters. The average molecular weight is 205 g/mol. The van der Waals surface area contributed by atoms with Crippen molar-refractivity contribution < 1.29 is 9.59 Å². The normalized spacial score (nSPS) is 9.80. The predicted octanol–water partition coefficient (Wildman–Crippen LogP) is 1.57. The van der Waals surface area contributed by atoms with Crippen LogP contribution in [0.4, 0.5) is 0 Å². The molecule has 3 heteroatoms. The number of carbonyl (C=O) groups is 2. The van der Waals surface area contributed by atoms with Gasteiger partial charge in [0.25, 0.3) is 5.91 Å². The number of aryl methyl sites for hydroxylation is 2. The summed E-state index contributed by atoms with van der Waals surface area (Å²) in [7, 11) is 1.62. The van der Waals surface area contributed by atoms with E-state index in [9.17, 15) is 9.59 Å². The third kappa shape index (κ3) is 2.65. The first-order chi connectivity index (χ1) is 7.06. The summed E-state index contributed by atoms with van der Waals surface area (Å²) in [5.41, 5.74) is 2.87. The van der Waals surface area contributed by atoms with Gasteiger partial charge in [-0.15, -0.1) is 0 Å². The van der Waals surface area contributed by atoms with Crippen molar-refractivity contribution in [3.8, 4) is 0 Å². The molecule has 0 aromatic heterocycles. The molecule has 0 saturated carbocycles. The Kier molecular flexibility index (Phi) is 3.61. The van der Waals surface area contributed by atoms with E-state index in [4.69, 9.17) is 0 Å². The van der Waals surface area contributed by atoms with Gasteiger partial charge in [0.1, 0.15) is 6.29 Å². The third-order valence-corrected chi connectivity index (χ3v) is 2.45. The van der Waals surface area contributed by atoms with Crippen LogP contribution in [0.15, 0.2) is 18.2 Å². The highest BCUT2D eigenvalue weighted by Gasteiger charge is 2.11. The molecule has 0 N–H and O–H groups in total. The van der Waals surface area contributed by atoms with Crippen LogP contribution in [0.3, 0.4) is 0 Å². The Labute approximate surface area is 89.7 Å². The van der Waals surface area contributed by atoms with Crippen LogP contribution < -0.4 is 0 Å². The Morgan fingerprint density at radius 3 is 2.53 bits per heavy atom. The molecule has 0 fully saturated rings. The lowest BCUT2D eigenvalue weighted by molar-refractivity contribution is -0.108. The van der Waals surface area contributed by atoms with Crippen LogP contribution >= 0.6 is 0 Å². The van der Waals surface area contributed by atoms with E-state index in [0.29, 0.717) is 5.56 Å². The van der Waals surface area contributed by atoms with Crippen LogP contribution in [0.2, 0.25) is 0 Å². The molecule has 0 saturated heterocycles. The monoisotopic (exact) mass is 205 g/mol. The van der Waals surface area contributed by atoms with E-state index in [-0.39, 0.29) is 12.5 Å². The summed E-state index contributed by atoms with van der Waals surface area (Å²) in [5.74, 6) is -0.120. The summed E-state index contributed by atoms with van der Waals surface area (Å²) < 4.78 is 0. The fraction of sp³-hybridized carbons (Fsp3) is 0.333. The maximum Gasteiger partial charge on any atom is 0.253 e. The Morgan fingerprint density at radius 1 is 1.33 bits per heavy atom. The minimum Gasteiger partial charge on any atom is -0.335 e. The predicted molar refractivity (Wildman–Crippen MR) is 58.9 cm³/mol. The second kappa shape index (κ2) is 4.73. The molecule has 0 heterocycles. The lowest BCUT2D eigenvalue weighted by atomic mass is 10.1. The molecule has 0 aliphatic heterocycles. The van der Waals surface area contributed by atoms with Crippen molar-refractivity contribution in [2.45, 2.75) is 13.8 Å². The molecule has 1 aromatic rings. The maximum absolute atomic E-state index is 11.8. The van der Waals surface area contributed by atoms with Gasteiger partial charge in [0.05, 0.1) is 6.54 Å². The van der Waals surface area contributed by atoms with Crippen LogP contribution in [0, 0.1) is 13.8 Å². The van der Waals surface area contributed by atoms with Crippen molar-refractivity contribution in [1.29, 1.82) is 0 Å². The van der Waals surface area contributed by atoms with Gasteiger partial charge in [-0.2, -0.15) is 0 Å². The van der Waals surface area contributed by atoms with E-state index in [0.717, 1.165) is 17.4 Å². The van der Waals surface area contributed by atoms with Gasteiger partial charge in [-0.05, 0) is 37.1 Å². The first-order valence-corrected chi connectivity index (χ1v) is 4.82. The van der Waals surface area contributed by atoms with E-state index in [1.165, 1.54) is 4.90 Å². The highest BCUT2D eigenvalue weighted by molar-refractivity contribution is 5.95. The van der Waals surface area contributed by atoms with E-state index in [2.05, 4.69) is 0 Å². The zero-order valence-corrected chi connectivity index (χ0v) is 9.28. The average Bonchev–Trinajstić information content (AvgIpc) is 2.21. The molecule has 80 valence electrons. The molecule has 0 radical (unpaired) electrons. The Bertz CT molecular complexity index is 385. The molecule has 0 atom stereocenters. The zero-order valence-electron chi connectivity index (χ0n) is 9.28. The van der Waals surface area contributed by atoms with Crippen molar-refractivity contribution in [3.63, 3.8) is 0 Å². The van der Waals surface area contributed by atoms with Crippen LogP contribution in [0.1, 0.15) is 21.5 Å². The largest absolute Gasteiger partial charge is 0.335 e. The molecule has 3 nitrogen and oxygen atoms in total. The fourth-order valence-corrected chi connectivity index (χ4v) is 1.29. The van der Waals surface area contributed by atoms with Gasteiger partial charge in [0.15, 0.2) is 0 Å². The molecular formula is C12H15NO2. The summed E-state index contributed by atoms with van der Waals surface area (Å²) in [6, 6.07) is 5.54. The van der Waals surface area contributed by atoms with E-state index in [1.807, 2.05) is 26.0 Å². The second-order valence-electron chi connectivity index (χ2n) is 3.65. The number of likely N-dealkylation sites (N-methyl/N-ethyl adjacent to an activating group) is 1. The summed E-state index contributed by atoms with van der Waals surface area (Å²) in [6.07, 6.45) is 0.721. The van der Waals surface area contributed by atoms with Gasteiger partial charge < -0.3 is 9.69 Å². The molecule has 1 amide bonds. The molecule has 1 aromatic carbocycles. The number of carbonyl (C=O) groups excluding carboxylic acids is 2. The molecule has 0 aliphatic carbocycles. The Balaban J connectivity index is 2.91. The Hall–Kier alpha value is -1.64. The van der Waals surface area contributed by atoms with Gasteiger partial charge in [-0.1, -0.05) is 6.07 Å². The molecule has 0 bridgehead atoms. The molecule has 15 heavy (non-hydrogen) atoms. The van der Waals surface area contributed by atoms with E-state index in [1.54, 1.807) is 13.1 Å². The van der Waals surface area contributed by atoms with E-state index >= 15 is 0 Å².